The second-order valence-electron chi connectivity index (χ2n) is 2.91. The summed E-state index contributed by atoms with van der Waals surface area (Å²) < 4.78 is 1.00. The summed E-state index contributed by atoms with van der Waals surface area (Å²) in [5, 5.41) is 0. The van der Waals surface area contributed by atoms with Crippen LogP contribution in [-0.4, -0.2) is 23.4 Å². The molecule has 0 bridgehead atoms. The Morgan fingerprint density at radius 2 is 2.14 bits per heavy atom. The average molecular weight is 249 g/mol. The third-order valence-corrected chi connectivity index (χ3v) is 2.50. The van der Waals surface area contributed by atoms with Crippen LogP contribution in [0.15, 0.2) is 49.2 Å². The van der Waals surface area contributed by atoms with E-state index in [1.807, 2.05) is 23.1 Å². The molecule has 0 unspecified atom stereocenters. The molecule has 0 N–H and O–H groups in total. The number of halogens is 1. The fourth-order valence-corrected chi connectivity index (χ4v) is 1.91. The van der Waals surface area contributed by atoms with E-state index in [0.29, 0.717) is 5.96 Å². The summed E-state index contributed by atoms with van der Waals surface area (Å²) in [5.74, 6) is 1.51. The number of rotatable bonds is 0. The molecule has 0 saturated heterocycles. The molecule has 0 atom stereocenters. The molecule has 0 spiro atoms. The number of nitrogens with zero attached hydrogens (tertiary/aromatic N) is 4. The zero-order valence-corrected chi connectivity index (χ0v) is 8.64. The van der Waals surface area contributed by atoms with E-state index in [9.17, 15) is 0 Å². The van der Waals surface area contributed by atoms with E-state index in [2.05, 4.69) is 30.9 Å². The number of aliphatic imine (C=N–C) groups is 3. The molecule has 14 heavy (non-hydrogen) atoms. The van der Waals surface area contributed by atoms with Crippen LogP contribution in [0.25, 0.3) is 0 Å². The highest BCUT2D eigenvalue weighted by Crippen LogP contribution is 2.29. The van der Waals surface area contributed by atoms with Gasteiger partial charge >= 0.3 is 0 Å². The lowest BCUT2D eigenvalue weighted by molar-refractivity contribution is 0.619. The molecule has 0 aliphatic carbocycles. The van der Waals surface area contributed by atoms with Crippen molar-refractivity contribution in [2.45, 2.75) is 0 Å². The Labute approximate surface area is 88.9 Å². The van der Waals surface area contributed by atoms with Crippen molar-refractivity contribution in [3.05, 3.63) is 34.2 Å². The minimum atomic E-state index is 0.667. The van der Waals surface area contributed by atoms with Gasteiger partial charge in [-0.1, -0.05) is 15.9 Å². The van der Waals surface area contributed by atoms with Gasteiger partial charge in [-0.05, 0) is 18.2 Å². The molecule has 0 amide bonds. The molecule has 0 radical (unpaired) electrons. The van der Waals surface area contributed by atoms with E-state index >= 15 is 0 Å². The predicted octanol–water partition coefficient (Wildman–Crippen LogP) is 1.79. The Kier molecular flexibility index (Phi) is 1.55. The molecule has 3 aliphatic rings. The second kappa shape index (κ2) is 2.75. The number of hydrogen-bond acceptors (Lipinski definition) is 4. The zero-order chi connectivity index (χ0) is 9.54. The molecule has 3 rings (SSSR count). The standard InChI is InChI=1S/C9H5BrN4/c10-6-3-7-1-2-11-9-13-5-12-8(4-6)14(7)9/h1-5H. The first-order chi connectivity index (χ1) is 6.84. The molecule has 3 aliphatic heterocycles. The number of hydrogen-bond donors (Lipinski definition) is 0. The molecule has 5 heteroatoms. The second-order valence-corrected chi connectivity index (χ2v) is 3.83. The number of guanidine groups is 1. The van der Waals surface area contributed by atoms with Crippen molar-refractivity contribution in [2.75, 3.05) is 0 Å². The van der Waals surface area contributed by atoms with Gasteiger partial charge in [-0.25, -0.2) is 15.0 Å². The van der Waals surface area contributed by atoms with Gasteiger partial charge in [0.15, 0.2) is 0 Å². The van der Waals surface area contributed by atoms with E-state index in [0.717, 1.165) is 16.0 Å². The van der Waals surface area contributed by atoms with Crippen LogP contribution < -0.4 is 0 Å². The average Bonchev–Trinajstić information content (AvgIpc) is 2.18. The molecular weight excluding hydrogens is 244 g/mol. The smallest absolute Gasteiger partial charge is 0.237 e. The third-order valence-electron chi connectivity index (χ3n) is 2.04. The van der Waals surface area contributed by atoms with E-state index < -0.39 is 0 Å². The van der Waals surface area contributed by atoms with E-state index in [4.69, 9.17) is 0 Å². The van der Waals surface area contributed by atoms with Gasteiger partial charge in [0.1, 0.15) is 12.2 Å². The van der Waals surface area contributed by atoms with E-state index in [1.165, 1.54) is 6.34 Å². The van der Waals surface area contributed by atoms with Crippen LogP contribution in [0, 0.1) is 0 Å². The van der Waals surface area contributed by atoms with Crippen LogP contribution in [-0.2, 0) is 0 Å². The maximum absolute atomic E-state index is 4.17. The van der Waals surface area contributed by atoms with Crippen LogP contribution in [0.5, 0.6) is 0 Å². The monoisotopic (exact) mass is 248 g/mol. The molecule has 0 aromatic carbocycles. The summed E-state index contributed by atoms with van der Waals surface area (Å²) in [4.78, 5) is 14.3. The van der Waals surface area contributed by atoms with Crippen LogP contribution in [0.4, 0.5) is 0 Å². The Bertz CT molecular complexity index is 477. The fourth-order valence-electron chi connectivity index (χ4n) is 1.47. The van der Waals surface area contributed by atoms with Crippen LogP contribution in [0.1, 0.15) is 0 Å². The number of allylic oxidation sites excluding steroid dienone is 4. The highest BCUT2D eigenvalue weighted by molar-refractivity contribution is 9.11. The van der Waals surface area contributed by atoms with Gasteiger partial charge in [-0.3, -0.25) is 4.90 Å². The molecule has 0 fully saturated rings. The lowest BCUT2D eigenvalue weighted by Crippen LogP contribution is -2.33. The summed E-state index contributed by atoms with van der Waals surface area (Å²) in [7, 11) is 0. The summed E-state index contributed by atoms with van der Waals surface area (Å²) in [6.07, 6.45) is 9.12. The van der Waals surface area contributed by atoms with Gasteiger partial charge < -0.3 is 0 Å². The molecule has 68 valence electrons. The van der Waals surface area contributed by atoms with Crippen molar-refractivity contribution in [1.29, 1.82) is 0 Å². The van der Waals surface area contributed by atoms with Gasteiger partial charge in [-0.15, -0.1) is 0 Å². The first-order valence-electron chi connectivity index (χ1n) is 4.08. The SMILES string of the molecule is BrC1=CC2=CC=NC3=NC=NC(=C1)N23. The minimum absolute atomic E-state index is 0.667. The largest absolute Gasteiger partial charge is 0.263 e. The lowest BCUT2D eigenvalue weighted by atomic mass is 10.2. The fraction of sp³-hybridized carbons (Fsp3) is 0. The molecule has 3 heterocycles. The maximum atomic E-state index is 4.17. The van der Waals surface area contributed by atoms with Gasteiger partial charge in [0, 0.05) is 10.7 Å². The van der Waals surface area contributed by atoms with Gasteiger partial charge in [-0.2, -0.15) is 0 Å². The van der Waals surface area contributed by atoms with Gasteiger partial charge in [0.25, 0.3) is 0 Å². The summed E-state index contributed by atoms with van der Waals surface area (Å²) in [6.45, 7) is 0. The molecule has 0 aromatic heterocycles. The van der Waals surface area contributed by atoms with Crippen LogP contribution in [0.2, 0.25) is 0 Å². The molecule has 0 saturated carbocycles. The topological polar surface area (TPSA) is 40.3 Å². The summed E-state index contributed by atoms with van der Waals surface area (Å²) in [6, 6.07) is 0. The van der Waals surface area contributed by atoms with E-state index in [-0.39, 0.29) is 0 Å². The Morgan fingerprint density at radius 1 is 1.21 bits per heavy atom. The third kappa shape index (κ3) is 1.02. The Morgan fingerprint density at radius 3 is 3.07 bits per heavy atom. The predicted molar refractivity (Wildman–Crippen MR) is 59.4 cm³/mol. The van der Waals surface area contributed by atoms with Crippen LogP contribution >= 0.6 is 15.9 Å². The van der Waals surface area contributed by atoms with Crippen molar-refractivity contribution in [2.24, 2.45) is 15.0 Å². The van der Waals surface area contributed by atoms with E-state index in [1.54, 1.807) is 6.21 Å². The highest BCUT2D eigenvalue weighted by Gasteiger charge is 2.25. The Hall–Kier alpha value is -1.49. The molecule has 0 aromatic rings. The van der Waals surface area contributed by atoms with Crippen LogP contribution in [0.3, 0.4) is 0 Å². The Balaban J connectivity index is 2.23. The van der Waals surface area contributed by atoms with Crippen molar-refractivity contribution in [1.82, 2.24) is 4.90 Å². The molecular formula is C9H5BrN4. The summed E-state index contributed by atoms with van der Waals surface area (Å²) >= 11 is 3.43. The summed E-state index contributed by atoms with van der Waals surface area (Å²) in [5.41, 5.74) is 1.03. The maximum Gasteiger partial charge on any atom is 0.237 e. The highest BCUT2D eigenvalue weighted by atomic mass is 79.9. The van der Waals surface area contributed by atoms with Gasteiger partial charge in [0.2, 0.25) is 5.96 Å². The normalized spacial score (nSPS) is 22.2. The van der Waals surface area contributed by atoms with Crippen molar-refractivity contribution in [3.63, 3.8) is 0 Å². The van der Waals surface area contributed by atoms with Crippen molar-refractivity contribution >= 4 is 34.4 Å². The van der Waals surface area contributed by atoms with Gasteiger partial charge in [0.05, 0.1) is 5.70 Å². The first-order valence-corrected chi connectivity index (χ1v) is 4.87. The first kappa shape index (κ1) is 7.87. The minimum Gasteiger partial charge on any atom is -0.263 e. The van der Waals surface area contributed by atoms with Crippen molar-refractivity contribution < 1.29 is 0 Å². The zero-order valence-electron chi connectivity index (χ0n) is 7.05. The van der Waals surface area contributed by atoms with Crippen molar-refractivity contribution in [3.8, 4) is 0 Å². The lowest BCUT2D eigenvalue weighted by Gasteiger charge is -2.30. The quantitative estimate of drug-likeness (QED) is 0.645. The molecule has 4 nitrogen and oxygen atoms in total.